The molecule has 1 aromatic carbocycles. The molecular weight excluding hydrogens is 209 g/mol. The molecule has 2 rings (SSSR count). The van der Waals surface area contributed by atoms with E-state index in [-0.39, 0.29) is 5.82 Å². The number of benzene rings is 1. The Morgan fingerprint density at radius 1 is 1.47 bits per heavy atom. The van der Waals surface area contributed by atoms with Gasteiger partial charge in [0.05, 0.1) is 0 Å². The smallest absolute Gasteiger partial charge is 0.123 e. The van der Waals surface area contributed by atoms with Crippen molar-refractivity contribution in [3.63, 3.8) is 0 Å². The summed E-state index contributed by atoms with van der Waals surface area (Å²) in [5.74, 6) is 0.968. The van der Waals surface area contributed by atoms with Crippen molar-refractivity contribution in [2.75, 3.05) is 18.8 Å². The van der Waals surface area contributed by atoms with E-state index in [0.29, 0.717) is 0 Å². The minimum atomic E-state index is -0.125. The van der Waals surface area contributed by atoms with E-state index < -0.39 is 0 Å². The van der Waals surface area contributed by atoms with E-state index in [1.807, 2.05) is 17.8 Å². The molecule has 1 fully saturated rings. The maximum absolute atomic E-state index is 12.9. The third-order valence-electron chi connectivity index (χ3n) is 2.65. The van der Waals surface area contributed by atoms with Crippen LogP contribution in [0, 0.1) is 5.82 Å². The molecule has 0 bridgehead atoms. The predicted molar refractivity (Wildman–Crippen MR) is 63.8 cm³/mol. The summed E-state index contributed by atoms with van der Waals surface area (Å²) >= 11 is 2.00. The molecule has 1 nitrogen and oxygen atoms in total. The summed E-state index contributed by atoms with van der Waals surface area (Å²) in [4.78, 5) is 0. The van der Waals surface area contributed by atoms with Gasteiger partial charge in [-0.3, -0.25) is 0 Å². The molecule has 1 unspecified atom stereocenters. The fourth-order valence-corrected chi connectivity index (χ4v) is 3.01. The van der Waals surface area contributed by atoms with Crippen LogP contribution in [0.25, 0.3) is 0 Å². The summed E-state index contributed by atoms with van der Waals surface area (Å²) in [7, 11) is 0. The van der Waals surface area contributed by atoms with Crippen molar-refractivity contribution in [2.45, 2.75) is 18.1 Å². The lowest BCUT2D eigenvalue weighted by Crippen LogP contribution is -2.10. The minimum Gasteiger partial charge on any atom is -0.316 e. The molecule has 1 N–H and O–H groups in total. The molecule has 0 saturated carbocycles. The molecule has 1 atom stereocenters. The second-order valence-electron chi connectivity index (χ2n) is 3.87. The number of thioether (sulfide) groups is 1. The number of rotatable bonds is 4. The zero-order valence-corrected chi connectivity index (χ0v) is 9.52. The lowest BCUT2D eigenvalue weighted by Gasteiger charge is -2.07. The normalized spacial score (nSPS) is 20.7. The Balaban J connectivity index is 1.73. The van der Waals surface area contributed by atoms with Gasteiger partial charge in [-0.25, -0.2) is 4.39 Å². The lowest BCUT2D eigenvalue weighted by atomic mass is 10.2. The molecule has 0 amide bonds. The van der Waals surface area contributed by atoms with Crippen LogP contribution in [0.5, 0.6) is 0 Å². The monoisotopic (exact) mass is 225 g/mol. The summed E-state index contributed by atoms with van der Waals surface area (Å²) in [6.07, 6.45) is 2.24. The van der Waals surface area contributed by atoms with Gasteiger partial charge in [-0.05, 0) is 42.8 Å². The third-order valence-corrected chi connectivity index (χ3v) is 3.96. The van der Waals surface area contributed by atoms with Gasteiger partial charge in [0.25, 0.3) is 0 Å². The Hall–Kier alpha value is -0.540. The molecule has 1 aliphatic rings. The molecule has 0 radical (unpaired) electrons. The van der Waals surface area contributed by atoms with E-state index in [0.717, 1.165) is 36.1 Å². The van der Waals surface area contributed by atoms with Crippen LogP contribution in [-0.2, 0) is 6.42 Å². The number of halogens is 1. The van der Waals surface area contributed by atoms with Crippen molar-refractivity contribution in [3.05, 3.63) is 35.6 Å². The standard InChI is InChI=1S/C12H16FNS/c13-11-3-1-2-10(8-11)5-7-15-12-4-6-14-9-12/h1-3,8,12,14H,4-7,9H2. The second-order valence-corrected chi connectivity index (χ2v) is 5.27. The molecular formula is C12H16FNS. The summed E-state index contributed by atoms with van der Waals surface area (Å²) in [6.45, 7) is 2.28. The van der Waals surface area contributed by atoms with Crippen LogP contribution < -0.4 is 5.32 Å². The van der Waals surface area contributed by atoms with Gasteiger partial charge in [0.1, 0.15) is 5.82 Å². The second kappa shape index (κ2) is 5.52. The van der Waals surface area contributed by atoms with Gasteiger partial charge in [0.2, 0.25) is 0 Å². The van der Waals surface area contributed by atoms with Crippen molar-refractivity contribution in [1.82, 2.24) is 5.32 Å². The first-order valence-electron chi connectivity index (χ1n) is 5.41. The van der Waals surface area contributed by atoms with Crippen LogP contribution in [0.1, 0.15) is 12.0 Å². The maximum Gasteiger partial charge on any atom is 0.123 e. The molecule has 82 valence electrons. The van der Waals surface area contributed by atoms with Crippen LogP contribution >= 0.6 is 11.8 Å². The van der Waals surface area contributed by atoms with E-state index in [2.05, 4.69) is 5.32 Å². The third kappa shape index (κ3) is 3.50. The minimum absolute atomic E-state index is 0.125. The fourth-order valence-electron chi connectivity index (χ4n) is 1.81. The van der Waals surface area contributed by atoms with Crippen LogP contribution in [0.4, 0.5) is 4.39 Å². The highest BCUT2D eigenvalue weighted by atomic mass is 32.2. The summed E-state index contributed by atoms with van der Waals surface area (Å²) in [5, 5.41) is 4.11. The zero-order valence-electron chi connectivity index (χ0n) is 8.71. The van der Waals surface area contributed by atoms with Gasteiger partial charge >= 0.3 is 0 Å². The average molecular weight is 225 g/mol. The van der Waals surface area contributed by atoms with Crippen LogP contribution in [-0.4, -0.2) is 24.1 Å². The largest absolute Gasteiger partial charge is 0.316 e. The maximum atomic E-state index is 12.9. The van der Waals surface area contributed by atoms with Crippen LogP contribution in [0.2, 0.25) is 0 Å². The first kappa shape index (κ1) is 11.0. The van der Waals surface area contributed by atoms with Gasteiger partial charge in [-0.15, -0.1) is 0 Å². The van der Waals surface area contributed by atoms with Gasteiger partial charge in [0, 0.05) is 11.8 Å². The van der Waals surface area contributed by atoms with Crippen molar-refractivity contribution < 1.29 is 4.39 Å². The van der Waals surface area contributed by atoms with Crippen LogP contribution in [0.3, 0.4) is 0 Å². The summed E-state index contributed by atoms with van der Waals surface area (Å²) in [6, 6.07) is 6.91. The topological polar surface area (TPSA) is 12.0 Å². The highest BCUT2D eigenvalue weighted by Gasteiger charge is 2.13. The highest BCUT2D eigenvalue weighted by molar-refractivity contribution is 7.99. The Morgan fingerprint density at radius 2 is 2.40 bits per heavy atom. The predicted octanol–water partition coefficient (Wildman–Crippen LogP) is 2.46. The Morgan fingerprint density at radius 3 is 3.13 bits per heavy atom. The van der Waals surface area contributed by atoms with E-state index in [4.69, 9.17) is 0 Å². The Kier molecular flexibility index (Phi) is 4.03. The molecule has 15 heavy (non-hydrogen) atoms. The van der Waals surface area contributed by atoms with Gasteiger partial charge in [-0.1, -0.05) is 12.1 Å². The first-order valence-corrected chi connectivity index (χ1v) is 6.46. The number of nitrogens with one attached hydrogen (secondary N) is 1. The van der Waals surface area contributed by atoms with Gasteiger partial charge in [-0.2, -0.15) is 11.8 Å². The quantitative estimate of drug-likeness (QED) is 0.845. The molecule has 0 aliphatic carbocycles. The molecule has 1 aliphatic heterocycles. The summed E-state index contributed by atoms with van der Waals surface area (Å²) < 4.78 is 12.9. The molecule has 1 aromatic rings. The molecule has 3 heteroatoms. The molecule has 0 spiro atoms. The number of hydrogen-bond donors (Lipinski definition) is 1. The molecule has 1 saturated heterocycles. The van der Waals surface area contributed by atoms with E-state index in [1.54, 1.807) is 12.1 Å². The van der Waals surface area contributed by atoms with Gasteiger partial charge in [0.15, 0.2) is 0 Å². The zero-order chi connectivity index (χ0) is 10.5. The van der Waals surface area contributed by atoms with Crippen LogP contribution in [0.15, 0.2) is 24.3 Å². The fraction of sp³-hybridized carbons (Fsp3) is 0.500. The summed E-state index contributed by atoms with van der Waals surface area (Å²) in [5.41, 5.74) is 1.11. The van der Waals surface area contributed by atoms with E-state index in [9.17, 15) is 4.39 Å². The van der Waals surface area contributed by atoms with Crippen molar-refractivity contribution in [3.8, 4) is 0 Å². The molecule has 0 aromatic heterocycles. The van der Waals surface area contributed by atoms with Crippen molar-refractivity contribution in [2.24, 2.45) is 0 Å². The first-order chi connectivity index (χ1) is 7.34. The van der Waals surface area contributed by atoms with Gasteiger partial charge < -0.3 is 5.32 Å². The highest BCUT2D eigenvalue weighted by Crippen LogP contribution is 2.18. The van der Waals surface area contributed by atoms with Crippen molar-refractivity contribution >= 4 is 11.8 Å². The van der Waals surface area contributed by atoms with Crippen molar-refractivity contribution in [1.29, 1.82) is 0 Å². The molecule has 1 heterocycles. The van der Waals surface area contributed by atoms with E-state index in [1.165, 1.54) is 12.5 Å². The SMILES string of the molecule is Fc1cccc(CCSC2CCNC2)c1. The lowest BCUT2D eigenvalue weighted by molar-refractivity contribution is 0.626. The Bertz CT molecular complexity index is 310. The Labute approximate surface area is 94.5 Å². The van der Waals surface area contributed by atoms with E-state index >= 15 is 0 Å². The number of aryl methyl sites for hydroxylation is 1. The number of hydrogen-bond acceptors (Lipinski definition) is 2. The average Bonchev–Trinajstić information content (AvgIpc) is 2.71.